The van der Waals surface area contributed by atoms with Gasteiger partial charge in [-0.3, -0.25) is 19.3 Å². The second-order valence-corrected chi connectivity index (χ2v) is 11.4. The number of primary amides is 1. The van der Waals surface area contributed by atoms with Crippen molar-refractivity contribution in [3.8, 4) is 5.75 Å². The molecule has 1 atom stereocenters. The van der Waals surface area contributed by atoms with E-state index < -0.39 is 6.04 Å². The smallest absolute Gasteiger partial charge is 0.256 e. The molecule has 4 rings (SSSR count). The van der Waals surface area contributed by atoms with Crippen LogP contribution < -0.4 is 20.7 Å². The molecule has 0 radical (unpaired) electrons. The van der Waals surface area contributed by atoms with Gasteiger partial charge in [-0.15, -0.1) is 0 Å². The topological polar surface area (TPSA) is 108 Å². The number of para-hydroxylation sites is 1. The summed E-state index contributed by atoms with van der Waals surface area (Å²) >= 11 is 5.79. The molecule has 2 saturated heterocycles. The Morgan fingerprint density at radius 2 is 1.69 bits per heavy atom. The van der Waals surface area contributed by atoms with Crippen molar-refractivity contribution in [1.82, 2.24) is 9.80 Å². The number of ether oxygens (including phenoxy) is 1. The van der Waals surface area contributed by atoms with E-state index in [-0.39, 0.29) is 30.1 Å². The Bertz CT molecular complexity index is 1200. The summed E-state index contributed by atoms with van der Waals surface area (Å²) in [5, 5.41) is 3.34. The largest absolute Gasteiger partial charge is 0.494 e. The van der Waals surface area contributed by atoms with Crippen molar-refractivity contribution in [2.24, 2.45) is 11.7 Å². The van der Waals surface area contributed by atoms with E-state index in [1.54, 1.807) is 0 Å². The number of piperidine rings is 1. The van der Waals surface area contributed by atoms with E-state index >= 15 is 0 Å². The lowest BCUT2D eigenvalue weighted by Gasteiger charge is -2.31. The van der Waals surface area contributed by atoms with Gasteiger partial charge in [0.1, 0.15) is 11.8 Å². The lowest BCUT2D eigenvalue weighted by molar-refractivity contribution is -0.124. The highest BCUT2D eigenvalue weighted by atomic mass is 32.1. The SMILES string of the molecule is CCCCCCOc1ccc(NC(=O)CC2C(=O)N(c3ccccc3)C(=S)N2CCCN2CCC(C(N)=O)CC2)cc1. The molecule has 2 aromatic rings. The summed E-state index contributed by atoms with van der Waals surface area (Å²) < 4.78 is 5.80. The molecule has 42 heavy (non-hydrogen) atoms. The van der Waals surface area contributed by atoms with Gasteiger partial charge in [-0.25, -0.2) is 0 Å². The number of hydrogen-bond acceptors (Lipinski definition) is 6. The number of thiocarbonyl (C=S) groups is 1. The van der Waals surface area contributed by atoms with E-state index in [2.05, 4.69) is 17.1 Å². The first-order valence-corrected chi connectivity index (χ1v) is 15.5. The number of rotatable bonds is 15. The lowest BCUT2D eigenvalue weighted by Crippen LogP contribution is -2.41. The molecule has 2 aliphatic heterocycles. The maximum atomic E-state index is 13.6. The van der Waals surface area contributed by atoms with Crippen molar-refractivity contribution in [2.75, 3.05) is 43.0 Å². The lowest BCUT2D eigenvalue weighted by atomic mass is 9.96. The second kappa shape index (κ2) is 15.7. The first kappa shape index (κ1) is 31.4. The number of hydrogen-bond donors (Lipinski definition) is 2. The van der Waals surface area contributed by atoms with Crippen LogP contribution in [0.2, 0.25) is 0 Å². The quantitative estimate of drug-likeness (QED) is 0.230. The van der Waals surface area contributed by atoms with Crippen molar-refractivity contribution < 1.29 is 19.1 Å². The minimum absolute atomic E-state index is 0.0119. The second-order valence-electron chi connectivity index (χ2n) is 11.1. The van der Waals surface area contributed by atoms with Crippen LogP contribution in [0.4, 0.5) is 11.4 Å². The highest BCUT2D eigenvalue weighted by molar-refractivity contribution is 7.80. The molecule has 2 aromatic carbocycles. The van der Waals surface area contributed by atoms with Crippen LogP contribution in [0.25, 0.3) is 0 Å². The molecule has 3 amide bonds. The normalized spacial score (nSPS) is 18.0. The van der Waals surface area contributed by atoms with Gasteiger partial charge in [0.25, 0.3) is 5.91 Å². The summed E-state index contributed by atoms with van der Waals surface area (Å²) in [5.41, 5.74) is 6.82. The van der Waals surface area contributed by atoms with E-state index in [4.69, 9.17) is 22.7 Å². The highest BCUT2D eigenvalue weighted by Crippen LogP contribution is 2.28. The minimum atomic E-state index is -0.691. The average molecular weight is 594 g/mol. The molecule has 10 heteroatoms. The third-order valence-corrected chi connectivity index (χ3v) is 8.40. The Balaban J connectivity index is 1.35. The molecule has 0 spiro atoms. The number of anilines is 2. The van der Waals surface area contributed by atoms with Crippen LogP contribution in [0.1, 0.15) is 58.3 Å². The summed E-state index contributed by atoms with van der Waals surface area (Å²) in [7, 11) is 0. The zero-order chi connectivity index (χ0) is 29.9. The number of unbranched alkanes of at least 4 members (excludes halogenated alkanes) is 3. The number of nitrogens with two attached hydrogens (primary N) is 1. The van der Waals surface area contributed by atoms with Gasteiger partial charge in [0.15, 0.2) is 5.11 Å². The van der Waals surface area contributed by atoms with Gasteiger partial charge < -0.3 is 25.6 Å². The van der Waals surface area contributed by atoms with Gasteiger partial charge in [0, 0.05) is 18.2 Å². The van der Waals surface area contributed by atoms with Crippen LogP contribution in [0, 0.1) is 5.92 Å². The molecule has 1 unspecified atom stereocenters. The van der Waals surface area contributed by atoms with E-state index in [0.717, 1.165) is 57.5 Å². The van der Waals surface area contributed by atoms with Crippen LogP contribution in [-0.2, 0) is 14.4 Å². The molecule has 0 aromatic heterocycles. The number of carbonyl (C=O) groups excluding carboxylic acids is 3. The number of carbonyl (C=O) groups is 3. The first-order chi connectivity index (χ1) is 20.4. The van der Waals surface area contributed by atoms with E-state index in [1.165, 1.54) is 17.7 Å². The van der Waals surface area contributed by atoms with E-state index in [0.29, 0.717) is 29.6 Å². The standard InChI is InChI=1S/C32H43N5O4S/c1-2-3-4-8-22-41-27-14-12-25(13-15-27)34-29(38)23-28-31(40)37(26-10-6-5-7-11-26)32(42)36(28)19-9-18-35-20-16-24(17-21-35)30(33)39/h5-7,10-15,24,28H,2-4,8-9,16-23H2,1H3,(H2,33,39)(H,34,38). The molecular weight excluding hydrogens is 550 g/mol. The molecule has 2 aliphatic rings. The average Bonchev–Trinajstić information content (AvgIpc) is 3.22. The van der Waals surface area contributed by atoms with Crippen LogP contribution in [-0.4, -0.2) is 71.5 Å². The molecule has 9 nitrogen and oxygen atoms in total. The van der Waals surface area contributed by atoms with Gasteiger partial charge in [-0.1, -0.05) is 44.4 Å². The number of benzene rings is 2. The zero-order valence-corrected chi connectivity index (χ0v) is 25.3. The predicted molar refractivity (Wildman–Crippen MR) is 169 cm³/mol. The van der Waals surface area contributed by atoms with Gasteiger partial charge in [-0.05, 0) is 93.9 Å². The zero-order valence-electron chi connectivity index (χ0n) is 24.5. The van der Waals surface area contributed by atoms with Crippen molar-refractivity contribution in [1.29, 1.82) is 0 Å². The molecule has 2 heterocycles. The summed E-state index contributed by atoms with van der Waals surface area (Å²) in [6, 6.07) is 16.0. The van der Waals surface area contributed by atoms with Crippen molar-refractivity contribution in [3.05, 3.63) is 54.6 Å². The first-order valence-electron chi connectivity index (χ1n) is 15.1. The van der Waals surface area contributed by atoms with E-state index in [9.17, 15) is 14.4 Å². The third kappa shape index (κ3) is 8.51. The highest BCUT2D eigenvalue weighted by Gasteiger charge is 2.43. The molecule has 2 fully saturated rings. The van der Waals surface area contributed by atoms with Crippen molar-refractivity contribution in [3.63, 3.8) is 0 Å². The predicted octanol–water partition coefficient (Wildman–Crippen LogP) is 4.56. The number of nitrogens with one attached hydrogen (secondary N) is 1. The Morgan fingerprint density at radius 1 is 0.976 bits per heavy atom. The van der Waals surface area contributed by atoms with Gasteiger partial charge >= 0.3 is 0 Å². The Labute approximate surface area is 254 Å². The molecule has 0 aliphatic carbocycles. The van der Waals surface area contributed by atoms with Crippen LogP contribution in [0.3, 0.4) is 0 Å². The number of nitrogens with zero attached hydrogens (tertiary/aromatic N) is 3. The van der Waals surface area contributed by atoms with Crippen molar-refractivity contribution in [2.45, 2.75) is 64.3 Å². The van der Waals surface area contributed by atoms with E-state index in [1.807, 2.05) is 59.5 Å². The van der Waals surface area contributed by atoms with Gasteiger partial charge in [0.2, 0.25) is 11.8 Å². The Morgan fingerprint density at radius 3 is 2.36 bits per heavy atom. The monoisotopic (exact) mass is 593 g/mol. The summed E-state index contributed by atoms with van der Waals surface area (Å²) in [4.78, 5) is 44.0. The fraction of sp³-hybridized carbons (Fsp3) is 0.500. The molecule has 226 valence electrons. The van der Waals surface area contributed by atoms with Crippen molar-refractivity contribution >= 4 is 46.4 Å². The fourth-order valence-corrected chi connectivity index (χ4v) is 5.96. The fourth-order valence-electron chi connectivity index (χ4n) is 5.55. The van der Waals surface area contributed by atoms with Gasteiger partial charge in [0.05, 0.1) is 18.7 Å². The minimum Gasteiger partial charge on any atom is -0.494 e. The summed E-state index contributed by atoms with van der Waals surface area (Å²) in [6.45, 7) is 5.86. The number of amides is 3. The van der Waals surface area contributed by atoms with Crippen LogP contribution in [0.15, 0.2) is 54.6 Å². The summed E-state index contributed by atoms with van der Waals surface area (Å²) in [6.07, 6.45) is 6.88. The number of likely N-dealkylation sites (tertiary alicyclic amines) is 1. The summed E-state index contributed by atoms with van der Waals surface area (Å²) in [5.74, 6) is 0.0454. The maximum absolute atomic E-state index is 13.6. The van der Waals surface area contributed by atoms with Gasteiger partial charge in [-0.2, -0.15) is 0 Å². The molecular formula is C32H43N5O4S. The van der Waals surface area contributed by atoms with Crippen LogP contribution >= 0.6 is 12.2 Å². The molecule has 0 bridgehead atoms. The third-order valence-electron chi connectivity index (χ3n) is 7.98. The Kier molecular flexibility index (Phi) is 11.7. The molecule has 3 N–H and O–H groups in total. The Hall–Kier alpha value is -3.50. The van der Waals surface area contributed by atoms with Crippen LogP contribution in [0.5, 0.6) is 5.75 Å². The maximum Gasteiger partial charge on any atom is 0.256 e. The molecule has 0 saturated carbocycles.